The lowest BCUT2D eigenvalue weighted by atomic mass is 9.75. The van der Waals surface area contributed by atoms with Gasteiger partial charge in [-0.1, -0.05) is 30.9 Å². The molecule has 2 aromatic heterocycles. The highest BCUT2D eigenvalue weighted by Gasteiger charge is 2.52. The fraction of sp³-hybridized carbons (Fsp3) is 0.579. The molecule has 2 heterocycles. The van der Waals surface area contributed by atoms with Crippen molar-refractivity contribution in [1.82, 2.24) is 14.9 Å². The number of hydrogen-bond donors (Lipinski definition) is 1. The van der Waals surface area contributed by atoms with Crippen molar-refractivity contribution in [2.75, 3.05) is 0 Å². The zero-order valence-electron chi connectivity index (χ0n) is 13.7. The summed E-state index contributed by atoms with van der Waals surface area (Å²) in [7, 11) is 0. The third-order valence-electron chi connectivity index (χ3n) is 6.51. The maximum Gasteiger partial charge on any atom is 0.272 e. The molecule has 4 atom stereocenters. The Morgan fingerprint density at radius 3 is 3.04 bits per heavy atom. The van der Waals surface area contributed by atoms with Crippen LogP contribution < -0.4 is 5.32 Å². The number of amides is 1. The lowest BCUT2D eigenvalue weighted by molar-refractivity contribution is 0.0846. The lowest BCUT2D eigenvalue weighted by Crippen LogP contribution is -2.49. The fourth-order valence-corrected chi connectivity index (χ4v) is 5.84. The van der Waals surface area contributed by atoms with Gasteiger partial charge >= 0.3 is 0 Å². The average molecular weight is 344 g/mol. The minimum absolute atomic E-state index is 0.0171. The maximum absolute atomic E-state index is 12.8. The number of nitrogens with zero attached hydrogens (tertiary/aromatic N) is 2. The fourth-order valence-electron chi connectivity index (χ4n) is 5.68. The molecule has 3 aliphatic carbocycles. The molecule has 0 saturated heterocycles. The number of hydrogen-bond acceptors (Lipinski definition) is 2. The number of halogens is 1. The lowest BCUT2D eigenvalue weighted by Gasteiger charge is -2.38. The normalized spacial score (nSPS) is 34.5. The topological polar surface area (TPSA) is 46.4 Å². The maximum atomic E-state index is 12.8. The van der Waals surface area contributed by atoms with Crippen LogP contribution in [0.25, 0.3) is 5.52 Å². The second kappa shape index (κ2) is 5.22. The quantitative estimate of drug-likeness (QED) is 0.893. The summed E-state index contributed by atoms with van der Waals surface area (Å²) in [5.74, 6) is 2.41. The number of nitrogens with one attached hydrogen (secondary N) is 1. The number of fused-ring (bicyclic) bond motifs is 3. The summed E-state index contributed by atoms with van der Waals surface area (Å²) in [6.45, 7) is 0. The number of carbonyl (C=O) groups excluding carboxylic acids is 1. The van der Waals surface area contributed by atoms with Gasteiger partial charge in [0, 0.05) is 11.7 Å². The molecule has 4 nitrogen and oxygen atoms in total. The predicted octanol–water partition coefficient (Wildman–Crippen LogP) is 4.08. The van der Waals surface area contributed by atoms with Crippen LogP contribution in [0.15, 0.2) is 24.4 Å². The first-order valence-corrected chi connectivity index (χ1v) is 9.45. The summed E-state index contributed by atoms with van der Waals surface area (Å²) in [5, 5.41) is 8.43. The molecular formula is C19H22ClN3O. The van der Waals surface area contributed by atoms with Crippen molar-refractivity contribution in [1.29, 1.82) is 0 Å². The minimum Gasteiger partial charge on any atom is -0.345 e. The van der Waals surface area contributed by atoms with Crippen LogP contribution in [0.5, 0.6) is 0 Å². The summed E-state index contributed by atoms with van der Waals surface area (Å²) >= 11 is 6.01. The number of aromatic nitrogens is 2. The molecule has 3 bridgehead atoms. The van der Waals surface area contributed by atoms with Gasteiger partial charge in [-0.25, -0.2) is 4.52 Å². The van der Waals surface area contributed by atoms with E-state index in [9.17, 15) is 4.79 Å². The van der Waals surface area contributed by atoms with E-state index in [0.717, 1.165) is 29.7 Å². The van der Waals surface area contributed by atoms with E-state index in [1.165, 1.54) is 38.5 Å². The molecule has 126 valence electrons. The molecule has 0 aromatic carbocycles. The summed E-state index contributed by atoms with van der Waals surface area (Å²) in [4.78, 5) is 12.8. The molecule has 3 fully saturated rings. The van der Waals surface area contributed by atoms with Crippen LogP contribution in [0.1, 0.15) is 55.4 Å². The molecule has 0 spiro atoms. The van der Waals surface area contributed by atoms with Gasteiger partial charge in [0.05, 0.1) is 10.5 Å². The Bertz CT molecular complexity index is 812. The Morgan fingerprint density at radius 2 is 2.12 bits per heavy atom. The Morgan fingerprint density at radius 1 is 1.25 bits per heavy atom. The van der Waals surface area contributed by atoms with Crippen LogP contribution in [-0.4, -0.2) is 21.1 Å². The number of pyridine rings is 1. The molecule has 24 heavy (non-hydrogen) atoms. The minimum atomic E-state index is -0.0320. The Kier molecular flexibility index (Phi) is 3.21. The standard InChI is InChI=1S/C19H22ClN3O/c20-15-4-5-16-7-17(22-23(16)11-15)18(24)21-19-8-12-2-1-3-13(9-19)14(6-12)10-19/h4-5,7,11-14H,1-3,6,8-10H2,(H,21,24). The van der Waals surface area contributed by atoms with Crippen molar-refractivity contribution in [3.8, 4) is 0 Å². The molecular weight excluding hydrogens is 322 g/mol. The summed E-state index contributed by atoms with van der Waals surface area (Å²) < 4.78 is 1.68. The van der Waals surface area contributed by atoms with Crippen molar-refractivity contribution in [2.45, 2.75) is 50.5 Å². The smallest absolute Gasteiger partial charge is 0.272 e. The van der Waals surface area contributed by atoms with Gasteiger partial charge in [-0.3, -0.25) is 4.79 Å². The van der Waals surface area contributed by atoms with Crippen molar-refractivity contribution < 1.29 is 4.79 Å². The zero-order valence-corrected chi connectivity index (χ0v) is 14.4. The van der Waals surface area contributed by atoms with Gasteiger partial charge in [0.1, 0.15) is 0 Å². The van der Waals surface area contributed by atoms with E-state index in [1.807, 2.05) is 18.2 Å². The SMILES string of the molecule is O=C(NC12CC3CCCC(C1)C(C3)C2)c1cc2ccc(Cl)cn2n1. The first kappa shape index (κ1) is 14.8. The summed E-state index contributed by atoms with van der Waals surface area (Å²) in [6, 6.07) is 5.56. The highest BCUT2D eigenvalue weighted by Crippen LogP contribution is 2.55. The van der Waals surface area contributed by atoms with Crippen molar-refractivity contribution in [3.63, 3.8) is 0 Å². The first-order valence-electron chi connectivity index (χ1n) is 9.08. The van der Waals surface area contributed by atoms with Gasteiger partial charge in [0.15, 0.2) is 5.69 Å². The average Bonchev–Trinajstić information content (AvgIpc) is 3.01. The van der Waals surface area contributed by atoms with Gasteiger partial charge in [0.25, 0.3) is 5.91 Å². The highest BCUT2D eigenvalue weighted by atomic mass is 35.5. The molecule has 5 heteroatoms. The predicted molar refractivity (Wildman–Crippen MR) is 93.2 cm³/mol. The molecule has 5 rings (SSSR count). The molecule has 3 aliphatic rings. The van der Waals surface area contributed by atoms with Crippen LogP contribution in [0, 0.1) is 17.8 Å². The third kappa shape index (κ3) is 2.34. The molecule has 1 N–H and O–H groups in total. The third-order valence-corrected chi connectivity index (χ3v) is 6.73. The highest BCUT2D eigenvalue weighted by molar-refractivity contribution is 6.30. The van der Waals surface area contributed by atoms with E-state index >= 15 is 0 Å². The Hall–Kier alpha value is -1.55. The van der Waals surface area contributed by atoms with E-state index in [0.29, 0.717) is 10.7 Å². The first-order chi connectivity index (χ1) is 11.6. The van der Waals surface area contributed by atoms with Gasteiger partial charge in [-0.15, -0.1) is 0 Å². The van der Waals surface area contributed by atoms with Crippen LogP contribution in [-0.2, 0) is 0 Å². The monoisotopic (exact) mass is 343 g/mol. The Labute approximate surface area is 146 Å². The summed E-state index contributed by atoms with van der Waals surface area (Å²) in [5.41, 5.74) is 1.40. The Balaban J connectivity index is 1.41. The van der Waals surface area contributed by atoms with Gasteiger partial charge in [-0.05, 0) is 61.6 Å². The van der Waals surface area contributed by atoms with Crippen LogP contribution in [0.3, 0.4) is 0 Å². The van der Waals surface area contributed by atoms with E-state index in [2.05, 4.69) is 10.4 Å². The van der Waals surface area contributed by atoms with Crippen molar-refractivity contribution in [3.05, 3.63) is 35.1 Å². The van der Waals surface area contributed by atoms with Crippen LogP contribution >= 0.6 is 11.6 Å². The molecule has 1 amide bonds. The number of carbonyl (C=O) groups is 1. The molecule has 0 aliphatic heterocycles. The van der Waals surface area contributed by atoms with E-state index in [4.69, 9.17) is 11.6 Å². The second-order valence-corrected chi connectivity index (χ2v) is 8.58. The molecule has 2 aromatic rings. The largest absolute Gasteiger partial charge is 0.345 e. The summed E-state index contributed by atoms with van der Waals surface area (Å²) in [6.07, 6.45) is 10.7. The van der Waals surface area contributed by atoms with E-state index in [1.54, 1.807) is 10.7 Å². The second-order valence-electron chi connectivity index (χ2n) is 8.15. The van der Waals surface area contributed by atoms with Crippen molar-refractivity contribution in [2.24, 2.45) is 17.8 Å². The van der Waals surface area contributed by atoms with Gasteiger partial charge in [0.2, 0.25) is 0 Å². The van der Waals surface area contributed by atoms with Gasteiger partial charge < -0.3 is 5.32 Å². The molecule has 0 radical (unpaired) electrons. The van der Waals surface area contributed by atoms with Crippen LogP contribution in [0.4, 0.5) is 0 Å². The zero-order chi connectivity index (χ0) is 16.3. The molecule has 3 saturated carbocycles. The van der Waals surface area contributed by atoms with Crippen LogP contribution in [0.2, 0.25) is 5.02 Å². The van der Waals surface area contributed by atoms with Gasteiger partial charge in [-0.2, -0.15) is 5.10 Å². The number of rotatable bonds is 2. The molecule has 4 unspecified atom stereocenters. The van der Waals surface area contributed by atoms with E-state index in [-0.39, 0.29) is 11.4 Å². The van der Waals surface area contributed by atoms with E-state index < -0.39 is 0 Å². The van der Waals surface area contributed by atoms with Crippen molar-refractivity contribution >= 4 is 23.0 Å².